The highest BCUT2D eigenvalue weighted by Crippen LogP contribution is 2.13. The first kappa shape index (κ1) is 10.5. The first-order valence-corrected chi connectivity index (χ1v) is 4.97. The van der Waals surface area contributed by atoms with Crippen LogP contribution in [0, 0.1) is 0 Å². The fourth-order valence-corrected chi connectivity index (χ4v) is 1.33. The quantitative estimate of drug-likeness (QED) is 0.335. The van der Waals surface area contributed by atoms with E-state index in [1.54, 1.807) is 0 Å². The van der Waals surface area contributed by atoms with Gasteiger partial charge in [-0.15, -0.1) is 3.89 Å². The van der Waals surface area contributed by atoms with E-state index in [9.17, 15) is 12.3 Å². The van der Waals surface area contributed by atoms with Crippen molar-refractivity contribution in [2.24, 2.45) is 5.11 Å². The van der Waals surface area contributed by atoms with Crippen molar-refractivity contribution >= 4 is 10.2 Å². The Morgan fingerprint density at radius 3 is 2.36 bits per heavy atom. The molecule has 1 aromatic rings. The van der Waals surface area contributed by atoms with Gasteiger partial charge in [-0.2, -0.15) is 8.42 Å². The van der Waals surface area contributed by atoms with Gasteiger partial charge in [0.15, 0.2) is 0 Å². The van der Waals surface area contributed by atoms with Crippen molar-refractivity contribution in [2.75, 3.05) is 0 Å². The van der Waals surface area contributed by atoms with Gasteiger partial charge < -0.3 is 0 Å². The van der Waals surface area contributed by atoms with Crippen LogP contribution in [0.5, 0.6) is 0 Å². The minimum absolute atomic E-state index is 0.114. The Morgan fingerprint density at radius 1 is 1.36 bits per heavy atom. The summed E-state index contributed by atoms with van der Waals surface area (Å²) in [5, 5.41) is 3.27. The molecule has 0 saturated carbocycles. The molecule has 1 rings (SSSR count). The summed E-state index contributed by atoms with van der Waals surface area (Å²) < 4.78 is 33.2. The number of benzene rings is 1. The summed E-state index contributed by atoms with van der Waals surface area (Å²) >= 11 is 0. The first-order valence-electron chi connectivity index (χ1n) is 3.58. The molecule has 1 aromatic carbocycles. The van der Waals surface area contributed by atoms with Gasteiger partial charge in [-0.1, -0.05) is 17.2 Å². The minimum atomic E-state index is -4.64. The summed E-state index contributed by atoms with van der Waals surface area (Å²) in [7, 11) is -4.64. The largest absolute Gasteiger partial charge is 0.332 e. The molecule has 74 valence electrons. The summed E-state index contributed by atoms with van der Waals surface area (Å²) in [6.45, 7) is 0.114. The maximum atomic E-state index is 12.4. The number of hydrogen-bond acceptors (Lipinski definition) is 3. The fourth-order valence-electron chi connectivity index (χ4n) is 0.871. The van der Waals surface area contributed by atoms with E-state index in [2.05, 4.69) is 10.0 Å². The Balaban J connectivity index is 2.95. The summed E-state index contributed by atoms with van der Waals surface area (Å²) in [6.07, 6.45) is 0. The second-order valence-electron chi connectivity index (χ2n) is 2.47. The maximum absolute atomic E-state index is 12.4. The molecule has 0 unspecified atom stereocenters. The van der Waals surface area contributed by atoms with Crippen LogP contribution in [-0.2, 0) is 16.8 Å². The van der Waals surface area contributed by atoms with Crippen LogP contribution in [0.1, 0.15) is 5.56 Å². The van der Waals surface area contributed by atoms with E-state index in [0.29, 0.717) is 5.56 Å². The fraction of sp³-hybridized carbons (Fsp3) is 0.143. The summed E-state index contributed by atoms with van der Waals surface area (Å²) in [4.78, 5) is 2.13. The van der Waals surface area contributed by atoms with Crippen LogP contribution in [0.2, 0.25) is 0 Å². The van der Waals surface area contributed by atoms with Gasteiger partial charge in [0.2, 0.25) is 0 Å². The molecule has 0 bridgehead atoms. The number of halogens is 1. The second kappa shape index (κ2) is 4.08. The lowest BCUT2D eigenvalue weighted by atomic mass is 10.2. The Kier molecular flexibility index (Phi) is 3.06. The van der Waals surface area contributed by atoms with Crippen LogP contribution in [0.25, 0.3) is 10.4 Å². The molecule has 5 nitrogen and oxygen atoms in total. The van der Waals surface area contributed by atoms with Gasteiger partial charge >= 0.3 is 10.2 Å². The lowest BCUT2D eigenvalue weighted by Crippen LogP contribution is -1.91. The van der Waals surface area contributed by atoms with Gasteiger partial charge in [0.05, 0.1) is 11.4 Å². The second-order valence-corrected chi connectivity index (χ2v) is 3.82. The van der Waals surface area contributed by atoms with Crippen LogP contribution in [0.3, 0.4) is 0 Å². The smallest absolute Gasteiger partial charge is 0.189 e. The van der Waals surface area contributed by atoms with Gasteiger partial charge in [0.25, 0.3) is 0 Å². The van der Waals surface area contributed by atoms with Crippen molar-refractivity contribution < 1.29 is 12.3 Å². The third-order valence-electron chi connectivity index (χ3n) is 1.52. The van der Waals surface area contributed by atoms with Gasteiger partial charge in [-0.25, -0.2) is 0 Å². The molecular weight excluding hydrogens is 209 g/mol. The molecule has 0 heterocycles. The topological polar surface area (TPSA) is 82.9 Å². The molecule has 0 atom stereocenters. The first-order chi connectivity index (χ1) is 6.54. The zero-order valence-corrected chi connectivity index (χ0v) is 7.78. The summed E-state index contributed by atoms with van der Waals surface area (Å²) in [6, 6.07) is 5.03. The van der Waals surface area contributed by atoms with Gasteiger partial charge in [-0.3, -0.25) is 0 Å². The standard InChI is InChI=1S/C7H6FN3O2S/c8-14(12,13)7-3-1-6(2-4-7)5-10-11-9/h1-4H,5H2. The maximum Gasteiger partial charge on any atom is 0.332 e. The van der Waals surface area contributed by atoms with Crippen molar-refractivity contribution in [3.63, 3.8) is 0 Å². The van der Waals surface area contributed by atoms with E-state index in [4.69, 9.17) is 5.53 Å². The van der Waals surface area contributed by atoms with Crippen molar-refractivity contribution in [3.8, 4) is 0 Å². The van der Waals surface area contributed by atoms with E-state index in [-0.39, 0.29) is 6.54 Å². The lowest BCUT2D eigenvalue weighted by Gasteiger charge is -1.96. The zero-order valence-electron chi connectivity index (χ0n) is 6.96. The van der Waals surface area contributed by atoms with E-state index in [0.717, 1.165) is 12.1 Å². The molecule has 0 N–H and O–H groups in total. The number of nitrogens with zero attached hydrogens (tertiary/aromatic N) is 3. The SMILES string of the molecule is [N-]=[N+]=NCc1ccc(S(=O)(=O)F)cc1. The molecule has 0 aliphatic rings. The molecule has 0 fully saturated rings. The molecule has 14 heavy (non-hydrogen) atoms. The zero-order chi connectivity index (χ0) is 10.6. The van der Waals surface area contributed by atoms with Gasteiger partial charge in [-0.05, 0) is 23.2 Å². The highest BCUT2D eigenvalue weighted by atomic mass is 32.3. The Morgan fingerprint density at radius 2 is 1.93 bits per heavy atom. The monoisotopic (exact) mass is 215 g/mol. The van der Waals surface area contributed by atoms with Crippen molar-refractivity contribution in [2.45, 2.75) is 11.4 Å². The summed E-state index contributed by atoms with van der Waals surface area (Å²) in [5.74, 6) is 0. The van der Waals surface area contributed by atoms with Crippen LogP contribution < -0.4 is 0 Å². The minimum Gasteiger partial charge on any atom is -0.189 e. The third-order valence-corrected chi connectivity index (χ3v) is 2.36. The van der Waals surface area contributed by atoms with Gasteiger partial charge in [0.1, 0.15) is 0 Å². The predicted octanol–water partition coefficient (Wildman–Crippen LogP) is 2.16. The van der Waals surface area contributed by atoms with E-state index < -0.39 is 15.1 Å². The van der Waals surface area contributed by atoms with E-state index in [1.165, 1.54) is 12.1 Å². The van der Waals surface area contributed by atoms with Crippen LogP contribution in [0.15, 0.2) is 34.3 Å². The number of rotatable bonds is 3. The normalized spacial score (nSPS) is 10.6. The highest BCUT2D eigenvalue weighted by Gasteiger charge is 2.10. The van der Waals surface area contributed by atoms with E-state index >= 15 is 0 Å². The lowest BCUT2D eigenvalue weighted by molar-refractivity contribution is 0.552. The van der Waals surface area contributed by atoms with Crippen LogP contribution >= 0.6 is 0 Å². The number of hydrogen-bond donors (Lipinski definition) is 0. The predicted molar refractivity (Wildman–Crippen MR) is 47.6 cm³/mol. The van der Waals surface area contributed by atoms with Gasteiger partial charge in [0, 0.05) is 4.91 Å². The molecule has 7 heteroatoms. The van der Waals surface area contributed by atoms with Crippen LogP contribution in [0.4, 0.5) is 3.89 Å². The third kappa shape index (κ3) is 2.72. The van der Waals surface area contributed by atoms with E-state index in [1.807, 2.05) is 0 Å². The van der Waals surface area contributed by atoms with Crippen molar-refractivity contribution in [1.82, 2.24) is 0 Å². The highest BCUT2D eigenvalue weighted by molar-refractivity contribution is 7.86. The molecule has 0 aliphatic heterocycles. The molecule has 0 saturated heterocycles. The molecule has 0 spiro atoms. The molecule has 0 aromatic heterocycles. The summed E-state index contributed by atoms with van der Waals surface area (Å²) in [5.41, 5.74) is 8.63. The van der Waals surface area contributed by atoms with Crippen LogP contribution in [-0.4, -0.2) is 8.42 Å². The molecule has 0 amide bonds. The Bertz CT molecular complexity index is 462. The Hall–Kier alpha value is -1.59. The average Bonchev–Trinajstić information content (AvgIpc) is 2.14. The Labute approximate surface area is 80.0 Å². The van der Waals surface area contributed by atoms with Crippen molar-refractivity contribution in [3.05, 3.63) is 40.3 Å². The van der Waals surface area contributed by atoms with Crippen molar-refractivity contribution in [1.29, 1.82) is 0 Å². The average molecular weight is 215 g/mol. The molecule has 0 aliphatic carbocycles. The molecular formula is C7H6FN3O2S. The number of azide groups is 1. The molecule has 0 radical (unpaired) electrons.